The zero-order valence-corrected chi connectivity index (χ0v) is 10.3. The van der Waals surface area contributed by atoms with Crippen molar-refractivity contribution in [2.45, 2.75) is 33.2 Å². The van der Waals surface area contributed by atoms with Crippen LogP contribution in [0.15, 0.2) is 0 Å². The topological polar surface area (TPSA) is 27.3 Å². The van der Waals surface area contributed by atoms with Crippen LogP contribution in [0.2, 0.25) is 0 Å². The molecule has 0 rings (SSSR count). The summed E-state index contributed by atoms with van der Waals surface area (Å²) < 4.78 is 0. The maximum absolute atomic E-state index is 3.42. The Morgan fingerprint density at radius 1 is 1.07 bits per heavy atom. The van der Waals surface area contributed by atoms with Crippen molar-refractivity contribution in [3.8, 4) is 0 Å². The van der Waals surface area contributed by atoms with Gasteiger partial charge >= 0.3 is 0 Å². The first kappa shape index (κ1) is 13.9. The maximum Gasteiger partial charge on any atom is 0.0104 e. The highest BCUT2D eigenvalue weighted by molar-refractivity contribution is 4.58. The summed E-state index contributed by atoms with van der Waals surface area (Å²) in [5, 5.41) is 6.82. The molecule has 0 amide bonds. The molecule has 0 atom stereocenters. The van der Waals surface area contributed by atoms with Crippen LogP contribution in [0.25, 0.3) is 0 Å². The average Bonchev–Trinajstić information content (AvgIpc) is 2.12. The SMILES string of the molecule is CCCNCCN(C)CCNC(C)C. The summed E-state index contributed by atoms with van der Waals surface area (Å²) >= 11 is 0. The molecule has 86 valence electrons. The van der Waals surface area contributed by atoms with Crippen LogP contribution in [0.4, 0.5) is 0 Å². The largest absolute Gasteiger partial charge is 0.315 e. The number of hydrogen-bond acceptors (Lipinski definition) is 3. The second kappa shape index (κ2) is 9.44. The monoisotopic (exact) mass is 201 g/mol. The number of nitrogens with one attached hydrogen (secondary N) is 2. The Morgan fingerprint density at radius 3 is 2.29 bits per heavy atom. The molecule has 0 aliphatic heterocycles. The van der Waals surface area contributed by atoms with Crippen LogP contribution in [0.1, 0.15) is 27.2 Å². The van der Waals surface area contributed by atoms with Crippen LogP contribution in [0, 0.1) is 0 Å². The van der Waals surface area contributed by atoms with Gasteiger partial charge in [0, 0.05) is 32.2 Å². The van der Waals surface area contributed by atoms with E-state index in [4.69, 9.17) is 0 Å². The van der Waals surface area contributed by atoms with Crippen molar-refractivity contribution < 1.29 is 0 Å². The number of nitrogens with zero attached hydrogens (tertiary/aromatic N) is 1. The molecule has 0 saturated carbocycles. The van der Waals surface area contributed by atoms with Gasteiger partial charge in [-0.05, 0) is 20.0 Å². The van der Waals surface area contributed by atoms with Gasteiger partial charge in [-0.3, -0.25) is 0 Å². The summed E-state index contributed by atoms with van der Waals surface area (Å²) in [4.78, 5) is 2.36. The third-order valence-electron chi connectivity index (χ3n) is 2.14. The van der Waals surface area contributed by atoms with E-state index < -0.39 is 0 Å². The van der Waals surface area contributed by atoms with Gasteiger partial charge in [-0.2, -0.15) is 0 Å². The lowest BCUT2D eigenvalue weighted by molar-refractivity contribution is 0.325. The highest BCUT2D eigenvalue weighted by Gasteiger charge is 1.97. The molecule has 0 spiro atoms. The van der Waals surface area contributed by atoms with Crippen molar-refractivity contribution in [3.05, 3.63) is 0 Å². The summed E-state index contributed by atoms with van der Waals surface area (Å²) in [7, 11) is 2.18. The Balaban J connectivity index is 3.15. The fraction of sp³-hybridized carbons (Fsp3) is 1.00. The normalized spacial score (nSPS) is 11.6. The third-order valence-corrected chi connectivity index (χ3v) is 2.14. The van der Waals surface area contributed by atoms with Crippen molar-refractivity contribution >= 4 is 0 Å². The summed E-state index contributed by atoms with van der Waals surface area (Å²) in [6.07, 6.45) is 1.22. The Kier molecular flexibility index (Phi) is 9.35. The molecule has 0 fully saturated rings. The molecule has 2 N–H and O–H groups in total. The van der Waals surface area contributed by atoms with E-state index in [1.54, 1.807) is 0 Å². The van der Waals surface area contributed by atoms with Crippen LogP contribution >= 0.6 is 0 Å². The van der Waals surface area contributed by atoms with Crippen molar-refractivity contribution in [2.24, 2.45) is 0 Å². The molecule has 0 aromatic heterocycles. The van der Waals surface area contributed by atoms with Gasteiger partial charge in [0.15, 0.2) is 0 Å². The van der Waals surface area contributed by atoms with E-state index in [2.05, 4.69) is 43.4 Å². The van der Waals surface area contributed by atoms with Gasteiger partial charge in [0.25, 0.3) is 0 Å². The number of rotatable bonds is 9. The molecule has 0 saturated heterocycles. The summed E-state index contributed by atoms with van der Waals surface area (Å²) in [5.74, 6) is 0. The Bertz CT molecular complexity index is 115. The molecule has 0 heterocycles. The van der Waals surface area contributed by atoms with Gasteiger partial charge in [-0.1, -0.05) is 20.8 Å². The van der Waals surface area contributed by atoms with E-state index in [0.717, 1.165) is 32.7 Å². The first-order valence-electron chi connectivity index (χ1n) is 5.79. The minimum absolute atomic E-state index is 0.599. The lowest BCUT2D eigenvalue weighted by atomic mass is 10.4. The van der Waals surface area contributed by atoms with E-state index in [0.29, 0.717) is 6.04 Å². The van der Waals surface area contributed by atoms with Crippen LogP contribution in [-0.4, -0.2) is 50.7 Å². The van der Waals surface area contributed by atoms with Gasteiger partial charge in [0.05, 0.1) is 0 Å². The van der Waals surface area contributed by atoms with Gasteiger partial charge < -0.3 is 15.5 Å². The highest BCUT2D eigenvalue weighted by Crippen LogP contribution is 1.81. The third kappa shape index (κ3) is 9.96. The van der Waals surface area contributed by atoms with Crippen molar-refractivity contribution in [3.63, 3.8) is 0 Å². The van der Waals surface area contributed by atoms with E-state index in [9.17, 15) is 0 Å². The van der Waals surface area contributed by atoms with Crippen LogP contribution in [-0.2, 0) is 0 Å². The molecule has 3 heteroatoms. The molecule has 0 radical (unpaired) electrons. The first-order valence-corrected chi connectivity index (χ1v) is 5.79. The van der Waals surface area contributed by atoms with E-state index in [1.165, 1.54) is 6.42 Å². The minimum Gasteiger partial charge on any atom is -0.315 e. The molecular weight excluding hydrogens is 174 g/mol. The molecular formula is C11H27N3. The van der Waals surface area contributed by atoms with E-state index >= 15 is 0 Å². The smallest absolute Gasteiger partial charge is 0.0104 e. The molecule has 14 heavy (non-hydrogen) atoms. The standard InChI is InChI=1S/C11H27N3/c1-5-6-12-7-9-14(4)10-8-13-11(2)3/h11-13H,5-10H2,1-4H3. The number of likely N-dealkylation sites (N-methyl/N-ethyl adjacent to an activating group) is 1. The molecule has 0 aromatic carbocycles. The minimum atomic E-state index is 0.599. The molecule has 0 aliphatic rings. The summed E-state index contributed by atoms with van der Waals surface area (Å²) in [6, 6.07) is 0.599. The van der Waals surface area contributed by atoms with E-state index in [1.807, 2.05) is 0 Å². The predicted octanol–water partition coefficient (Wildman–Crippen LogP) is 0.916. The fourth-order valence-electron chi connectivity index (χ4n) is 1.23. The fourth-order valence-corrected chi connectivity index (χ4v) is 1.23. The Morgan fingerprint density at radius 2 is 1.71 bits per heavy atom. The summed E-state index contributed by atoms with van der Waals surface area (Å²) in [5.41, 5.74) is 0. The highest BCUT2D eigenvalue weighted by atomic mass is 15.1. The van der Waals surface area contributed by atoms with Gasteiger partial charge in [0.1, 0.15) is 0 Å². The van der Waals surface area contributed by atoms with E-state index in [-0.39, 0.29) is 0 Å². The maximum atomic E-state index is 3.42. The zero-order chi connectivity index (χ0) is 10.8. The predicted molar refractivity (Wildman–Crippen MR) is 63.8 cm³/mol. The second-order valence-electron chi connectivity index (χ2n) is 4.16. The Hall–Kier alpha value is -0.120. The molecule has 3 nitrogen and oxygen atoms in total. The number of hydrogen-bond donors (Lipinski definition) is 2. The van der Waals surface area contributed by atoms with Crippen LogP contribution < -0.4 is 10.6 Å². The molecule has 0 bridgehead atoms. The average molecular weight is 201 g/mol. The molecule has 0 unspecified atom stereocenters. The molecule has 0 aliphatic carbocycles. The van der Waals surface area contributed by atoms with Crippen molar-refractivity contribution in [1.29, 1.82) is 0 Å². The quantitative estimate of drug-likeness (QED) is 0.543. The lowest BCUT2D eigenvalue weighted by Gasteiger charge is -2.18. The Labute approximate surface area is 89.2 Å². The zero-order valence-electron chi connectivity index (χ0n) is 10.3. The lowest BCUT2D eigenvalue weighted by Crippen LogP contribution is -2.36. The van der Waals surface area contributed by atoms with Crippen molar-refractivity contribution in [2.75, 3.05) is 39.8 Å². The first-order chi connectivity index (χ1) is 6.66. The summed E-state index contributed by atoms with van der Waals surface area (Å²) in [6.45, 7) is 12.2. The molecule has 0 aromatic rings. The van der Waals surface area contributed by atoms with Gasteiger partial charge in [-0.15, -0.1) is 0 Å². The van der Waals surface area contributed by atoms with Crippen LogP contribution in [0.3, 0.4) is 0 Å². The van der Waals surface area contributed by atoms with Crippen LogP contribution in [0.5, 0.6) is 0 Å². The van der Waals surface area contributed by atoms with Gasteiger partial charge in [-0.25, -0.2) is 0 Å². The second-order valence-corrected chi connectivity index (χ2v) is 4.16. The van der Waals surface area contributed by atoms with Gasteiger partial charge in [0.2, 0.25) is 0 Å². The van der Waals surface area contributed by atoms with Crippen molar-refractivity contribution in [1.82, 2.24) is 15.5 Å².